The van der Waals surface area contributed by atoms with Crippen LogP contribution < -0.4 is 5.73 Å². The molecule has 1 aromatic rings. The van der Waals surface area contributed by atoms with Gasteiger partial charge in [-0.1, -0.05) is 30.3 Å². The number of nitrogens with two attached hydrogens (primary N) is 1. The third-order valence-electron chi connectivity index (χ3n) is 3.32. The van der Waals surface area contributed by atoms with Crippen molar-refractivity contribution < 1.29 is 4.79 Å². The number of hydrogen-bond acceptors (Lipinski definition) is 2. The van der Waals surface area contributed by atoms with E-state index in [-0.39, 0.29) is 5.41 Å². The largest absolute Gasteiger partial charge is 0.329 e. The van der Waals surface area contributed by atoms with Crippen molar-refractivity contribution in [2.24, 2.45) is 11.1 Å². The Kier molecular flexibility index (Phi) is 2.87. The highest BCUT2D eigenvalue weighted by Crippen LogP contribution is 2.46. The predicted molar refractivity (Wildman–Crippen MR) is 60.5 cm³/mol. The summed E-state index contributed by atoms with van der Waals surface area (Å²) in [5.41, 5.74) is 6.72. The maximum absolute atomic E-state index is 11.9. The second-order valence-electron chi connectivity index (χ2n) is 4.39. The molecule has 0 aromatic heterocycles. The molecule has 1 aliphatic carbocycles. The van der Waals surface area contributed by atoms with Crippen molar-refractivity contribution in [3.8, 4) is 0 Å². The van der Waals surface area contributed by atoms with E-state index >= 15 is 0 Å². The summed E-state index contributed by atoms with van der Waals surface area (Å²) in [6, 6.07) is 10.1. The molecule has 1 aromatic carbocycles. The highest BCUT2D eigenvalue weighted by molar-refractivity contribution is 5.87. The fraction of sp³-hybridized carbons (Fsp3) is 0.462. The molecule has 0 radical (unpaired) electrons. The molecular weight excluding hydrogens is 186 g/mol. The van der Waals surface area contributed by atoms with Crippen LogP contribution in [0.4, 0.5) is 0 Å². The van der Waals surface area contributed by atoms with E-state index in [1.165, 1.54) is 5.56 Å². The van der Waals surface area contributed by atoms with Crippen LogP contribution >= 0.6 is 0 Å². The highest BCUT2D eigenvalue weighted by atomic mass is 16.1. The van der Waals surface area contributed by atoms with E-state index in [0.717, 1.165) is 19.3 Å². The third-order valence-corrected chi connectivity index (χ3v) is 3.32. The second-order valence-corrected chi connectivity index (χ2v) is 4.39. The number of hydrogen-bond donors (Lipinski definition) is 1. The van der Waals surface area contributed by atoms with Gasteiger partial charge in [0.2, 0.25) is 0 Å². The summed E-state index contributed by atoms with van der Waals surface area (Å²) < 4.78 is 0. The van der Waals surface area contributed by atoms with E-state index in [1.54, 1.807) is 0 Å². The van der Waals surface area contributed by atoms with Gasteiger partial charge in [0.25, 0.3) is 0 Å². The number of benzene rings is 1. The van der Waals surface area contributed by atoms with Gasteiger partial charge in [-0.2, -0.15) is 0 Å². The molecule has 2 nitrogen and oxygen atoms in total. The number of Topliss-reactive ketones (excluding diaryl/α,β-unsaturated/α-hetero) is 1. The summed E-state index contributed by atoms with van der Waals surface area (Å²) in [5.74, 6) is 0.355. The minimum atomic E-state index is -0.130. The fourth-order valence-electron chi connectivity index (χ4n) is 1.92. The Morgan fingerprint density at radius 1 is 1.27 bits per heavy atom. The van der Waals surface area contributed by atoms with Crippen LogP contribution in [0.5, 0.6) is 0 Å². The van der Waals surface area contributed by atoms with Gasteiger partial charge >= 0.3 is 0 Å². The van der Waals surface area contributed by atoms with Crippen LogP contribution in [-0.4, -0.2) is 12.3 Å². The fourth-order valence-corrected chi connectivity index (χ4v) is 1.92. The van der Waals surface area contributed by atoms with Crippen LogP contribution in [0.3, 0.4) is 0 Å². The lowest BCUT2D eigenvalue weighted by Crippen LogP contribution is -2.25. The zero-order chi connectivity index (χ0) is 10.7. The van der Waals surface area contributed by atoms with Gasteiger partial charge in [0.05, 0.1) is 0 Å². The first-order valence-electron chi connectivity index (χ1n) is 5.54. The molecule has 0 atom stereocenters. The molecule has 2 N–H and O–H groups in total. The molecule has 0 unspecified atom stereocenters. The van der Waals surface area contributed by atoms with Crippen LogP contribution in [0.25, 0.3) is 0 Å². The van der Waals surface area contributed by atoms with Crippen molar-refractivity contribution in [3.05, 3.63) is 35.9 Å². The normalized spacial score (nSPS) is 17.4. The molecule has 0 heterocycles. The Labute approximate surface area is 90.5 Å². The minimum absolute atomic E-state index is 0.130. The van der Waals surface area contributed by atoms with Crippen LogP contribution in [0, 0.1) is 5.41 Å². The first-order valence-corrected chi connectivity index (χ1v) is 5.54. The summed E-state index contributed by atoms with van der Waals surface area (Å²) in [6.45, 7) is 0.528. The van der Waals surface area contributed by atoms with Gasteiger partial charge in [-0.05, 0) is 24.8 Å². The Hall–Kier alpha value is -1.15. The van der Waals surface area contributed by atoms with Crippen molar-refractivity contribution in [1.82, 2.24) is 0 Å². The number of aryl methyl sites for hydroxylation is 1. The average Bonchev–Trinajstić information content (AvgIpc) is 3.08. The van der Waals surface area contributed by atoms with E-state index in [4.69, 9.17) is 5.73 Å². The van der Waals surface area contributed by atoms with Crippen molar-refractivity contribution in [1.29, 1.82) is 0 Å². The minimum Gasteiger partial charge on any atom is -0.329 e. The molecule has 15 heavy (non-hydrogen) atoms. The lowest BCUT2D eigenvalue weighted by molar-refractivity contribution is -0.123. The summed E-state index contributed by atoms with van der Waals surface area (Å²) in [6.07, 6.45) is 3.48. The second kappa shape index (κ2) is 4.15. The monoisotopic (exact) mass is 203 g/mol. The van der Waals surface area contributed by atoms with Crippen LogP contribution in [-0.2, 0) is 11.2 Å². The van der Waals surface area contributed by atoms with Gasteiger partial charge < -0.3 is 5.73 Å². The predicted octanol–water partition coefficient (Wildman–Crippen LogP) is 1.93. The molecule has 0 amide bonds. The van der Waals surface area contributed by atoms with Gasteiger partial charge in [-0.3, -0.25) is 4.79 Å². The van der Waals surface area contributed by atoms with Crippen LogP contribution in [0.1, 0.15) is 24.8 Å². The molecule has 1 fully saturated rings. The topological polar surface area (TPSA) is 43.1 Å². The summed E-state index contributed by atoms with van der Waals surface area (Å²) in [5, 5.41) is 0. The zero-order valence-corrected chi connectivity index (χ0v) is 8.91. The third kappa shape index (κ3) is 2.26. The first-order chi connectivity index (χ1) is 7.27. The van der Waals surface area contributed by atoms with Crippen LogP contribution in [0.15, 0.2) is 30.3 Å². The quantitative estimate of drug-likeness (QED) is 0.794. The van der Waals surface area contributed by atoms with E-state index in [0.29, 0.717) is 18.7 Å². The van der Waals surface area contributed by atoms with E-state index in [1.807, 2.05) is 18.2 Å². The number of rotatable bonds is 5. The van der Waals surface area contributed by atoms with Gasteiger partial charge in [-0.15, -0.1) is 0 Å². The molecule has 0 bridgehead atoms. The zero-order valence-electron chi connectivity index (χ0n) is 8.91. The molecule has 0 aliphatic heterocycles. The summed E-state index contributed by atoms with van der Waals surface area (Å²) >= 11 is 0. The van der Waals surface area contributed by atoms with Gasteiger partial charge in [0, 0.05) is 18.4 Å². The number of carbonyl (C=O) groups is 1. The Balaban J connectivity index is 1.86. The molecule has 1 aliphatic rings. The van der Waals surface area contributed by atoms with Crippen LogP contribution in [0.2, 0.25) is 0 Å². The highest BCUT2D eigenvalue weighted by Gasteiger charge is 2.47. The van der Waals surface area contributed by atoms with E-state index < -0.39 is 0 Å². The van der Waals surface area contributed by atoms with Crippen molar-refractivity contribution in [2.45, 2.75) is 25.7 Å². The van der Waals surface area contributed by atoms with Gasteiger partial charge in [0.1, 0.15) is 5.78 Å². The maximum Gasteiger partial charge on any atom is 0.140 e. The first kappa shape index (κ1) is 10.4. The van der Waals surface area contributed by atoms with Crippen molar-refractivity contribution in [3.63, 3.8) is 0 Å². The standard InChI is InChI=1S/C13H17NO/c14-10-13(8-9-13)12(15)7-6-11-4-2-1-3-5-11/h1-5H,6-10,14H2. The molecule has 0 spiro atoms. The van der Waals surface area contributed by atoms with Crippen molar-refractivity contribution >= 4 is 5.78 Å². The molecular formula is C13H17NO. The Morgan fingerprint density at radius 3 is 2.47 bits per heavy atom. The lowest BCUT2D eigenvalue weighted by atomic mass is 9.95. The van der Waals surface area contributed by atoms with Gasteiger partial charge in [0.15, 0.2) is 0 Å². The van der Waals surface area contributed by atoms with E-state index in [2.05, 4.69) is 12.1 Å². The number of ketones is 1. The average molecular weight is 203 g/mol. The maximum atomic E-state index is 11.9. The van der Waals surface area contributed by atoms with Crippen molar-refractivity contribution in [2.75, 3.05) is 6.54 Å². The number of carbonyl (C=O) groups excluding carboxylic acids is 1. The smallest absolute Gasteiger partial charge is 0.140 e. The Bertz CT molecular complexity index is 341. The molecule has 80 valence electrons. The summed E-state index contributed by atoms with van der Waals surface area (Å²) in [4.78, 5) is 11.9. The summed E-state index contributed by atoms with van der Waals surface area (Å²) in [7, 11) is 0. The lowest BCUT2D eigenvalue weighted by Gasteiger charge is -2.10. The molecule has 2 rings (SSSR count). The van der Waals surface area contributed by atoms with Gasteiger partial charge in [-0.25, -0.2) is 0 Å². The molecule has 0 saturated heterocycles. The molecule has 1 saturated carbocycles. The Morgan fingerprint density at radius 2 is 1.93 bits per heavy atom. The SMILES string of the molecule is NCC1(C(=O)CCc2ccccc2)CC1. The molecule has 2 heteroatoms. The van der Waals surface area contributed by atoms with E-state index in [9.17, 15) is 4.79 Å².